The van der Waals surface area contributed by atoms with E-state index in [1.54, 1.807) is 19.2 Å². The Hall–Kier alpha value is -2.28. The monoisotopic (exact) mass is 362 g/mol. The van der Waals surface area contributed by atoms with Crippen molar-refractivity contribution in [3.8, 4) is 0 Å². The second-order valence-electron chi connectivity index (χ2n) is 6.28. The van der Waals surface area contributed by atoms with Crippen LogP contribution in [-0.4, -0.2) is 36.0 Å². The molecule has 0 radical (unpaired) electrons. The van der Waals surface area contributed by atoms with Crippen molar-refractivity contribution < 1.29 is 9.53 Å². The summed E-state index contributed by atoms with van der Waals surface area (Å²) in [5, 5.41) is 6.56. The molecule has 0 heterocycles. The molecule has 0 atom stereocenters. The van der Waals surface area contributed by atoms with Crippen LogP contribution < -0.4 is 10.6 Å². The molecule has 1 amide bonds. The quantitative estimate of drug-likeness (QED) is 0.600. The molecule has 2 N–H and O–H groups in total. The van der Waals surface area contributed by atoms with Crippen molar-refractivity contribution in [1.82, 2.24) is 0 Å². The highest BCUT2D eigenvalue weighted by atomic mass is 32.2. The number of carbonyl (C=O) groups excluding carboxylic acids is 1. The fourth-order valence-electron chi connectivity index (χ4n) is 1.75. The highest BCUT2D eigenvalue weighted by molar-refractivity contribution is 8.13. The summed E-state index contributed by atoms with van der Waals surface area (Å²) in [4.78, 5) is 20.4. The Morgan fingerprint density at radius 2 is 1.84 bits per heavy atom. The molecule has 0 aliphatic heterocycles. The highest BCUT2D eigenvalue weighted by Gasteiger charge is 2.16. The Kier molecular flexibility index (Phi) is 7.70. The van der Waals surface area contributed by atoms with Gasteiger partial charge in [0.1, 0.15) is 11.4 Å². The molecule has 0 saturated heterocycles. The number of rotatable bonds is 3. The van der Waals surface area contributed by atoms with Crippen molar-refractivity contribution in [2.24, 2.45) is 9.98 Å². The number of ether oxygens (including phenoxy) is 1. The average Bonchev–Trinajstić information content (AvgIpc) is 2.49. The molecular formula is C18H26N4O2S. The van der Waals surface area contributed by atoms with Gasteiger partial charge in [0.2, 0.25) is 0 Å². The standard InChI is InChI=1S/C18H26N4O2S/c1-12(2)15(22-16(19-6)25-7)20-13-9-8-10-14(11-13)21-17(23)24-18(3,4)5/h8-11H,1H2,2-7H3,(H,21,23)(H,19,20,22). The Bertz CT molecular complexity index is 691. The second-order valence-corrected chi connectivity index (χ2v) is 7.06. The molecule has 25 heavy (non-hydrogen) atoms. The Balaban J connectivity index is 2.93. The molecule has 7 heteroatoms. The first-order chi connectivity index (χ1) is 11.6. The summed E-state index contributed by atoms with van der Waals surface area (Å²) in [5.41, 5.74) is 1.62. The molecule has 1 rings (SSSR count). The molecule has 0 spiro atoms. The zero-order valence-corrected chi connectivity index (χ0v) is 16.5. The maximum absolute atomic E-state index is 11.9. The number of thioether (sulfide) groups is 1. The zero-order valence-electron chi connectivity index (χ0n) is 15.6. The Morgan fingerprint density at radius 1 is 1.24 bits per heavy atom. The number of amides is 1. The van der Waals surface area contributed by atoms with Crippen LogP contribution in [0, 0.1) is 0 Å². The third-order valence-corrected chi connectivity index (χ3v) is 3.40. The lowest BCUT2D eigenvalue weighted by Crippen LogP contribution is -2.27. The molecule has 0 aromatic heterocycles. The molecule has 1 aromatic carbocycles. The summed E-state index contributed by atoms with van der Waals surface area (Å²) >= 11 is 1.45. The summed E-state index contributed by atoms with van der Waals surface area (Å²) in [6.07, 6.45) is 1.41. The lowest BCUT2D eigenvalue weighted by molar-refractivity contribution is 0.0636. The molecule has 0 saturated carbocycles. The number of hydrogen-bond donors (Lipinski definition) is 2. The van der Waals surface area contributed by atoms with Crippen LogP contribution in [0.1, 0.15) is 27.7 Å². The largest absolute Gasteiger partial charge is 0.444 e. The van der Waals surface area contributed by atoms with Crippen LogP contribution in [0.25, 0.3) is 0 Å². The topological polar surface area (TPSA) is 75.1 Å². The van der Waals surface area contributed by atoms with Crippen LogP contribution in [0.15, 0.2) is 46.4 Å². The van der Waals surface area contributed by atoms with E-state index in [0.717, 1.165) is 11.3 Å². The summed E-state index contributed by atoms with van der Waals surface area (Å²) in [6.45, 7) is 11.3. The van der Waals surface area contributed by atoms with Crippen molar-refractivity contribution in [2.75, 3.05) is 23.9 Å². The molecule has 0 fully saturated rings. The van der Waals surface area contributed by atoms with Gasteiger partial charge in [-0.15, -0.1) is 0 Å². The minimum Gasteiger partial charge on any atom is -0.444 e. The lowest BCUT2D eigenvalue weighted by atomic mass is 10.2. The molecule has 0 aliphatic rings. The summed E-state index contributed by atoms with van der Waals surface area (Å²) in [6, 6.07) is 7.28. The SMILES string of the molecule is C=C(C)C(=NC(=NC)SC)Nc1cccc(NC(=O)OC(C)(C)C)c1. The summed E-state index contributed by atoms with van der Waals surface area (Å²) in [5.74, 6) is 0.615. The van der Waals surface area contributed by atoms with E-state index in [4.69, 9.17) is 4.74 Å². The normalized spacial score (nSPS) is 12.6. The molecule has 0 unspecified atom stereocenters. The molecule has 0 bridgehead atoms. The Labute approximate surface area is 153 Å². The van der Waals surface area contributed by atoms with Crippen LogP contribution in [0.4, 0.5) is 16.2 Å². The van der Waals surface area contributed by atoms with Gasteiger partial charge in [-0.1, -0.05) is 24.4 Å². The van der Waals surface area contributed by atoms with Crippen molar-refractivity contribution in [3.05, 3.63) is 36.4 Å². The molecular weight excluding hydrogens is 336 g/mol. The number of nitrogens with zero attached hydrogens (tertiary/aromatic N) is 2. The summed E-state index contributed by atoms with van der Waals surface area (Å²) < 4.78 is 5.26. The number of anilines is 2. The van der Waals surface area contributed by atoms with E-state index in [9.17, 15) is 4.79 Å². The van der Waals surface area contributed by atoms with Gasteiger partial charge in [-0.25, -0.2) is 9.79 Å². The van der Waals surface area contributed by atoms with E-state index >= 15 is 0 Å². The minimum atomic E-state index is -0.548. The summed E-state index contributed by atoms with van der Waals surface area (Å²) in [7, 11) is 1.69. The first-order valence-electron chi connectivity index (χ1n) is 7.77. The van der Waals surface area contributed by atoms with Crippen LogP contribution in [0.5, 0.6) is 0 Å². The smallest absolute Gasteiger partial charge is 0.412 e. The van der Waals surface area contributed by atoms with E-state index in [1.165, 1.54) is 11.8 Å². The zero-order chi connectivity index (χ0) is 19.0. The molecule has 1 aromatic rings. The number of benzene rings is 1. The molecule has 0 aliphatic carbocycles. The maximum atomic E-state index is 11.9. The van der Waals surface area contributed by atoms with Gasteiger partial charge in [0.25, 0.3) is 0 Å². The number of amidine groups is 2. The van der Waals surface area contributed by atoms with Crippen LogP contribution >= 0.6 is 11.8 Å². The van der Waals surface area contributed by atoms with E-state index in [0.29, 0.717) is 16.7 Å². The van der Waals surface area contributed by atoms with Gasteiger partial charge in [0, 0.05) is 18.4 Å². The van der Waals surface area contributed by atoms with Gasteiger partial charge in [0.15, 0.2) is 5.17 Å². The van der Waals surface area contributed by atoms with Crippen LogP contribution in [0.3, 0.4) is 0 Å². The van der Waals surface area contributed by atoms with Gasteiger partial charge >= 0.3 is 6.09 Å². The maximum Gasteiger partial charge on any atom is 0.412 e. The lowest BCUT2D eigenvalue weighted by Gasteiger charge is -2.20. The van der Waals surface area contributed by atoms with Gasteiger partial charge in [-0.3, -0.25) is 10.3 Å². The predicted molar refractivity (Wildman–Crippen MR) is 109 cm³/mol. The molecule has 6 nitrogen and oxygen atoms in total. The van der Waals surface area contributed by atoms with Crippen LogP contribution in [-0.2, 0) is 4.74 Å². The Morgan fingerprint density at radius 3 is 2.32 bits per heavy atom. The second kappa shape index (κ2) is 9.27. The number of carbonyl (C=O) groups is 1. The predicted octanol–water partition coefficient (Wildman–Crippen LogP) is 4.77. The van der Waals surface area contributed by atoms with E-state index < -0.39 is 11.7 Å². The first-order valence-corrected chi connectivity index (χ1v) is 8.99. The minimum absolute atomic E-state index is 0.499. The van der Waals surface area contributed by atoms with E-state index in [2.05, 4.69) is 27.2 Å². The number of nitrogens with one attached hydrogen (secondary N) is 2. The van der Waals surface area contributed by atoms with Crippen molar-refractivity contribution in [2.45, 2.75) is 33.3 Å². The van der Waals surface area contributed by atoms with Gasteiger partial charge in [-0.2, -0.15) is 0 Å². The number of hydrogen-bond acceptors (Lipinski definition) is 4. The van der Waals surface area contributed by atoms with Gasteiger partial charge < -0.3 is 10.1 Å². The highest BCUT2D eigenvalue weighted by Crippen LogP contribution is 2.18. The van der Waals surface area contributed by atoms with E-state index in [1.807, 2.05) is 46.1 Å². The third kappa shape index (κ3) is 7.89. The van der Waals surface area contributed by atoms with Gasteiger partial charge in [-0.05, 0) is 57.7 Å². The fourth-order valence-corrected chi connectivity index (χ4v) is 2.11. The third-order valence-electron chi connectivity index (χ3n) is 2.76. The van der Waals surface area contributed by atoms with Gasteiger partial charge in [0.05, 0.1) is 0 Å². The average molecular weight is 362 g/mol. The van der Waals surface area contributed by atoms with Crippen molar-refractivity contribution in [1.29, 1.82) is 0 Å². The first kappa shape index (κ1) is 20.8. The van der Waals surface area contributed by atoms with Crippen LogP contribution in [0.2, 0.25) is 0 Å². The van der Waals surface area contributed by atoms with Crippen molar-refractivity contribution >= 4 is 40.2 Å². The number of aliphatic imine (C=N–C) groups is 2. The fraction of sp³-hybridized carbons (Fsp3) is 0.389. The van der Waals surface area contributed by atoms with Crippen molar-refractivity contribution in [3.63, 3.8) is 0 Å². The van der Waals surface area contributed by atoms with E-state index in [-0.39, 0.29) is 0 Å². The molecule has 136 valence electrons.